The van der Waals surface area contributed by atoms with Crippen molar-refractivity contribution >= 4 is 17.3 Å². The summed E-state index contributed by atoms with van der Waals surface area (Å²) in [5, 5.41) is 12.8. The van der Waals surface area contributed by atoms with Gasteiger partial charge in [-0.05, 0) is 74.3 Å². The van der Waals surface area contributed by atoms with Gasteiger partial charge < -0.3 is 10.2 Å². The molecule has 1 fully saturated rings. The Bertz CT molecular complexity index is 1480. The molecule has 40 heavy (non-hydrogen) atoms. The predicted molar refractivity (Wildman–Crippen MR) is 161 cm³/mol. The molecule has 0 spiro atoms. The molecule has 0 amide bonds. The van der Waals surface area contributed by atoms with Gasteiger partial charge in [-0.1, -0.05) is 48.4 Å². The quantitative estimate of drug-likeness (QED) is 0.325. The SMILES string of the molecule is CC1=CN(c2ccc(Nc3nc4c(c(Cc5ccccc5)n3)CN(CC#N)CC4)cc2C2CC2C)C=C(C)CC1. The highest BCUT2D eigenvalue weighted by Crippen LogP contribution is 2.51. The zero-order valence-electron chi connectivity index (χ0n) is 23.8. The summed E-state index contributed by atoms with van der Waals surface area (Å²) in [6.45, 7) is 8.80. The molecule has 1 saturated carbocycles. The van der Waals surface area contributed by atoms with Gasteiger partial charge in [0.15, 0.2) is 0 Å². The van der Waals surface area contributed by atoms with E-state index in [9.17, 15) is 5.26 Å². The van der Waals surface area contributed by atoms with E-state index < -0.39 is 0 Å². The predicted octanol–water partition coefficient (Wildman–Crippen LogP) is 7.22. The maximum absolute atomic E-state index is 9.26. The Balaban J connectivity index is 1.34. The third-order valence-electron chi connectivity index (χ3n) is 8.44. The van der Waals surface area contributed by atoms with E-state index in [0.717, 1.165) is 55.8 Å². The van der Waals surface area contributed by atoms with Gasteiger partial charge in [-0.15, -0.1) is 0 Å². The van der Waals surface area contributed by atoms with Crippen LogP contribution in [0, 0.1) is 17.2 Å². The molecule has 2 unspecified atom stereocenters. The molecule has 2 aromatic carbocycles. The highest BCUT2D eigenvalue weighted by Gasteiger charge is 2.36. The second kappa shape index (κ2) is 11.3. The van der Waals surface area contributed by atoms with Crippen molar-refractivity contribution in [1.29, 1.82) is 5.26 Å². The average Bonchev–Trinajstić information content (AvgIpc) is 3.71. The summed E-state index contributed by atoms with van der Waals surface area (Å²) < 4.78 is 0. The molecule has 6 heteroatoms. The highest BCUT2D eigenvalue weighted by molar-refractivity contribution is 5.68. The minimum absolute atomic E-state index is 0.430. The molecule has 0 bridgehead atoms. The molecule has 1 aliphatic carbocycles. The Hall–Kier alpha value is -3.95. The third kappa shape index (κ3) is 5.80. The van der Waals surface area contributed by atoms with Crippen LogP contribution in [0.1, 0.15) is 74.0 Å². The minimum atomic E-state index is 0.430. The van der Waals surface area contributed by atoms with Crippen molar-refractivity contribution in [2.24, 2.45) is 5.92 Å². The lowest BCUT2D eigenvalue weighted by atomic mass is 9.99. The summed E-state index contributed by atoms with van der Waals surface area (Å²) in [5.41, 5.74) is 11.0. The molecule has 6 rings (SSSR count). The number of aromatic nitrogens is 2. The largest absolute Gasteiger partial charge is 0.324 e. The minimum Gasteiger partial charge on any atom is -0.324 e. The zero-order valence-corrected chi connectivity index (χ0v) is 23.8. The van der Waals surface area contributed by atoms with E-state index in [2.05, 4.69) is 96.8 Å². The van der Waals surface area contributed by atoms with Crippen LogP contribution < -0.4 is 10.2 Å². The fraction of sp³-hybridized carbons (Fsp3) is 0.382. The van der Waals surface area contributed by atoms with Gasteiger partial charge in [-0.25, -0.2) is 9.97 Å². The Labute approximate surface area is 238 Å². The average molecular weight is 531 g/mol. The lowest BCUT2D eigenvalue weighted by molar-refractivity contribution is 0.280. The molecule has 6 nitrogen and oxygen atoms in total. The number of hydrogen-bond donors (Lipinski definition) is 1. The number of rotatable bonds is 7. The van der Waals surface area contributed by atoms with E-state index in [0.29, 0.717) is 24.3 Å². The monoisotopic (exact) mass is 530 g/mol. The molecule has 2 aliphatic heterocycles. The molecular formula is C34H38N6. The number of allylic oxidation sites excluding steroid dienone is 2. The first-order chi connectivity index (χ1) is 19.5. The van der Waals surface area contributed by atoms with Gasteiger partial charge >= 0.3 is 0 Å². The smallest absolute Gasteiger partial charge is 0.227 e. The van der Waals surface area contributed by atoms with E-state index in [4.69, 9.17) is 9.97 Å². The molecule has 3 aliphatic rings. The lowest BCUT2D eigenvalue weighted by Crippen LogP contribution is -2.32. The summed E-state index contributed by atoms with van der Waals surface area (Å²) in [7, 11) is 0. The van der Waals surface area contributed by atoms with E-state index in [1.54, 1.807) is 0 Å². The highest BCUT2D eigenvalue weighted by atomic mass is 15.2. The Morgan fingerprint density at radius 1 is 1.00 bits per heavy atom. The van der Waals surface area contributed by atoms with Crippen LogP contribution in [0.2, 0.25) is 0 Å². The van der Waals surface area contributed by atoms with Crippen LogP contribution in [0.5, 0.6) is 0 Å². The van der Waals surface area contributed by atoms with Gasteiger partial charge in [0.1, 0.15) is 0 Å². The number of nitriles is 1. The van der Waals surface area contributed by atoms with Gasteiger partial charge in [-0.3, -0.25) is 4.90 Å². The second-order valence-corrected chi connectivity index (χ2v) is 11.8. The fourth-order valence-electron chi connectivity index (χ4n) is 5.99. The van der Waals surface area contributed by atoms with Crippen LogP contribution >= 0.6 is 0 Å². The Morgan fingerprint density at radius 3 is 2.45 bits per heavy atom. The number of nitrogens with zero attached hydrogens (tertiary/aromatic N) is 5. The lowest BCUT2D eigenvalue weighted by Gasteiger charge is -2.28. The number of anilines is 3. The van der Waals surface area contributed by atoms with Crippen molar-refractivity contribution in [3.8, 4) is 6.07 Å². The number of fused-ring (bicyclic) bond motifs is 1. The second-order valence-electron chi connectivity index (χ2n) is 11.8. The van der Waals surface area contributed by atoms with Crippen LogP contribution in [-0.4, -0.2) is 28.0 Å². The van der Waals surface area contributed by atoms with Crippen LogP contribution in [-0.2, 0) is 19.4 Å². The number of nitrogens with one attached hydrogen (secondary N) is 1. The van der Waals surface area contributed by atoms with Gasteiger partial charge in [0.25, 0.3) is 0 Å². The van der Waals surface area contributed by atoms with Crippen molar-refractivity contribution in [1.82, 2.24) is 14.9 Å². The van der Waals surface area contributed by atoms with Gasteiger partial charge in [-0.2, -0.15) is 5.26 Å². The zero-order chi connectivity index (χ0) is 27.6. The first kappa shape index (κ1) is 26.3. The van der Waals surface area contributed by atoms with Gasteiger partial charge in [0.2, 0.25) is 5.95 Å². The summed E-state index contributed by atoms with van der Waals surface area (Å²) >= 11 is 0. The van der Waals surface area contributed by atoms with E-state index in [-0.39, 0.29) is 0 Å². The summed E-state index contributed by atoms with van der Waals surface area (Å²) in [6.07, 6.45) is 9.63. The van der Waals surface area contributed by atoms with Crippen molar-refractivity contribution in [3.05, 3.63) is 100 Å². The summed E-state index contributed by atoms with van der Waals surface area (Å²) in [6, 6.07) is 19.5. The molecular weight excluding hydrogens is 492 g/mol. The maximum Gasteiger partial charge on any atom is 0.227 e. The molecule has 3 aromatic rings. The van der Waals surface area contributed by atoms with Crippen molar-refractivity contribution in [3.63, 3.8) is 0 Å². The van der Waals surface area contributed by atoms with E-state index >= 15 is 0 Å². The molecule has 3 heterocycles. The molecule has 204 valence electrons. The Kier molecular flexibility index (Phi) is 7.40. The molecule has 2 atom stereocenters. The Morgan fingerprint density at radius 2 is 1.75 bits per heavy atom. The van der Waals surface area contributed by atoms with Crippen LogP contribution in [0.15, 0.2) is 72.1 Å². The molecule has 0 radical (unpaired) electrons. The number of benzene rings is 2. The molecule has 1 aromatic heterocycles. The maximum atomic E-state index is 9.26. The normalized spacial score (nSPS) is 20.6. The van der Waals surface area contributed by atoms with Crippen molar-refractivity contribution in [2.75, 3.05) is 23.3 Å². The topological polar surface area (TPSA) is 68.1 Å². The van der Waals surface area contributed by atoms with Crippen LogP contribution in [0.3, 0.4) is 0 Å². The van der Waals surface area contributed by atoms with E-state index in [1.807, 2.05) is 6.07 Å². The third-order valence-corrected chi connectivity index (χ3v) is 8.44. The summed E-state index contributed by atoms with van der Waals surface area (Å²) in [5.74, 6) is 1.93. The van der Waals surface area contributed by atoms with E-state index in [1.165, 1.54) is 39.9 Å². The van der Waals surface area contributed by atoms with Gasteiger partial charge in [0, 0.05) is 55.3 Å². The summed E-state index contributed by atoms with van der Waals surface area (Å²) in [4.78, 5) is 14.6. The fourth-order valence-corrected chi connectivity index (χ4v) is 5.99. The first-order valence-corrected chi connectivity index (χ1v) is 14.5. The standard InChI is InChI=1S/C34H38N6/c1-23-9-10-24(2)21-40(20-23)33-12-11-27(19-29(33)28-17-25(28)3)36-34-37-31-13-15-39(16-14-35)22-30(31)32(38-34)18-26-7-5-4-6-8-26/h4-8,11-12,19-21,25,28H,9-10,13,15-18,22H2,1-3H3,(H,36,37,38). The number of hydrogen-bond acceptors (Lipinski definition) is 6. The van der Waals surface area contributed by atoms with Crippen molar-refractivity contribution < 1.29 is 0 Å². The first-order valence-electron chi connectivity index (χ1n) is 14.5. The van der Waals surface area contributed by atoms with Crippen LogP contribution in [0.25, 0.3) is 0 Å². The van der Waals surface area contributed by atoms with Crippen molar-refractivity contribution in [2.45, 2.75) is 65.3 Å². The molecule has 1 N–H and O–H groups in total. The van der Waals surface area contributed by atoms with Gasteiger partial charge in [0.05, 0.1) is 24.0 Å². The molecule has 0 saturated heterocycles. The van der Waals surface area contributed by atoms with Crippen LogP contribution in [0.4, 0.5) is 17.3 Å².